The SMILES string of the molecule is O=C(O)c1ccncc1C1CCCC1. The third-order valence-electron chi connectivity index (χ3n) is 2.88. The number of carbonyl (C=O) groups is 1. The molecule has 1 heterocycles. The van der Waals surface area contributed by atoms with Gasteiger partial charge >= 0.3 is 5.97 Å². The molecule has 2 rings (SSSR count). The zero-order valence-electron chi connectivity index (χ0n) is 7.94. The quantitative estimate of drug-likeness (QED) is 0.781. The Morgan fingerprint density at radius 1 is 1.43 bits per heavy atom. The van der Waals surface area contributed by atoms with Gasteiger partial charge in [-0.15, -0.1) is 0 Å². The van der Waals surface area contributed by atoms with Crippen LogP contribution in [0, 0.1) is 0 Å². The van der Waals surface area contributed by atoms with Gasteiger partial charge in [0.1, 0.15) is 0 Å². The summed E-state index contributed by atoms with van der Waals surface area (Å²) in [6.45, 7) is 0. The first-order valence-electron chi connectivity index (χ1n) is 4.96. The highest BCUT2D eigenvalue weighted by Gasteiger charge is 2.22. The van der Waals surface area contributed by atoms with Crippen LogP contribution in [-0.2, 0) is 0 Å². The zero-order valence-corrected chi connectivity index (χ0v) is 7.94. The third kappa shape index (κ3) is 1.62. The van der Waals surface area contributed by atoms with E-state index in [1.54, 1.807) is 18.5 Å². The van der Waals surface area contributed by atoms with Gasteiger partial charge in [0.25, 0.3) is 0 Å². The fourth-order valence-corrected chi connectivity index (χ4v) is 2.16. The number of carboxylic acids is 1. The van der Waals surface area contributed by atoms with E-state index in [2.05, 4.69) is 4.98 Å². The summed E-state index contributed by atoms with van der Waals surface area (Å²) in [4.78, 5) is 15.0. The van der Waals surface area contributed by atoms with Crippen molar-refractivity contribution in [3.63, 3.8) is 0 Å². The molecule has 3 heteroatoms. The number of aromatic carboxylic acids is 1. The molecule has 0 amide bonds. The predicted octanol–water partition coefficient (Wildman–Crippen LogP) is 2.44. The average Bonchev–Trinajstić information content (AvgIpc) is 2.70. The lowest BCUT2D eigenvalue weighted by atomic mass is 9.95. The molecule has 14 heavy (non-hydrogen) atoms. The van der Waals surface area contributed by atoms with E-state index in [-0.39, 0.29) is 0 Å². The first-order valence-corrected chi connectivity index (χ1v) is 4.96. The van der Waals surface area contributed by atoms with Crippen molar-refractivity contribution in [2.75, 3.05) is 0 Å². The van der Waals surface area contributed by atoms with Gasteiger partial charge in [-0.1, -0.05) is 12.8 Å². The zero-order chi connectivity index (χ0) is 9.97. The Morgan fingerprint density at radius 2 is 2.14 bits per heavy atom. The van der Waals surface area contributed by atoms with Crippen LogP contribution in [-0.4, -0.2) is 16.1 Å². The molecule has 1 N–H and O–H groups in total. The molecule has 74 valence electrons. The average molecular weight is 191 g/mol. The van der Waals surface area contributed by atoms with Gasteiger partial charge in [0.05, 0.1) is 5.56 Å². The molecule has 0 bridgehead atoms. The molecule has 0 atom stereocenters. The van der Waals surface area contributed by atoms with E-state index in [0.717, 1.165) is 18.4 Å². The minimum Gasteiger partial charge on any atom is -0.478 e. The van der Waals surface area contributed by atoms with Crippen LogP contribution in [0.4, 0.5) is 0 Å². The van der Waals surface area contributed by atoms with Gasteiger partial charge in [-0.25, -0.2) is 4.79 Å². The van der Waals surface area contributed by atoms with Crippen LogP contribution < -0.4 is 0 Å². The maximum atomic E-state index is 11.0. The minimum absolute atomic E-state index is 0.412. The molecule has 1 aliphatic carbocycles. The lowest BCUT2D eigenvalue weighted by molar-refractivity contribution is 0.0695. The molecule has 3 nitrogen and oxygen atoms in total. The molecule has 0 aliphatic heterocycles. The Bertz CT molecular complexity index is 343. The van der Waals surface area contributed by atoms with Crippen molar-refractivity contribution in [3.05, 3.63) is 29.6 Å². The first-order chi connectivity index (χ1) is 6.79. The Labute approximate surface area is 82.8 Å². The maximum absolute atomic E-state index is 11.0. The second kappa shape index (κ2) is 3.78. The molecular weight excluding hydrogens is 178 g/mol. The largest absolute Gasteiger partial charge is 0.478 e. The van der Waals surface area contributed by atoms with Gasteiger partial charge in [0.2, 0.25) is 0 Å². The van der Waals surface area contributed by atoms with Crippen molar-refractivity contribution < 1.29 is 9.90 Å². The molecule has 1 aromatic heterocycles. The van der Waals surface area contributed by atoms with Gasteiger partial charge in [-0.2, -0.15) is 0 Å². The second-order valence-corrected chi connectivity index (χ2v) is 3.75. The lowest BCUT2D eigenvalue weighted by Crippen LogP contribution is -2.05. The molecule has 1 aliphatic rings. The van der Waals surface area contributed by atoms with Gasteiger partial charge < -0.3 is 5.11 Å². The van der Waals surface area contributed by atoms with E-state index in [4.69, 9.17) is 5.11 Å². The summed E-state index contributed by atoms with van der Waals surface area (Å²) in [5.74, 6) is -0.427. The summed E-state index contributed by atoms with van der Waals surface area (Å²) in [7, 11) is 0. The molecule has 0 radical (unpaired) electrons. The lowest BCUT2D eigenvalue weighted by Gasteiger charge is -2.11. The number of hydrogen-bond donors (Lipinski definition) is 1. The summed E-state index contributed by atoms with van der Waals surface area (Å²) in [5, 5.41) is 9.00. The second-order valence-electron chi connectivity index (χ2n) is 3.75. The van der Waals surface area contributed by atoms with E-state index in [1.165, 1.54) is 12.8 Å². The maximum Gasteiger partial charge on any atom is 0.336 e. The van der Waals surface area contributed by atoms with Crippen molar-refractivity contribution in [2.45, 2.75) is 31.6 Å². The van der Waals surface area contributed by atoms with Crippen molar-refractivity contribution in [2.24, 2.45) is 0 Å². The van der Waals surface area contributed by atoms with Gasteiger partial charge in [0, 0.05) is 12.4 Å². The van der Waals surface area contributed by atoms with Gasteiger partial charge in [0.15, 0.2) is 0 Å². The molecule has 1 fully saturated rings. The van der Waals surface area contributed by atoms with Crippen LogP contribution in [0.1, 0.15) is 47.5 Å². The van der Waals surface area contributed by atoms with E-state index in [1.807, 2.05) is 0 Å². The van der Waals surface area contributed by atoms with Crippen molar-refractivity contribution in [1.82, 2.24) is 4.98 Å². The Balaban J connectivity index is 2.35. The smallest absolute Gasteiger partial charge is 0.336 e. The van der Waals surface area contributed by atoms with Crippen molar-refractivity contribution in [1.29, 1.82) is 0 Å². The molecule has 0 unspecified atom stereocenters. The molecule has 0 saturated heterocycles. The van der Waals surface area contributed by atoms with Crippen molar-refractivity contribution >= 4 is 5.97 Å². The Morgan fingerprint density at radius 3 is 2.79 bits per heavy atom. The van der Waals surface area contributed by atoms with E-state index in [0.29, 0.717) is 11.5 Å². The van der Waals surface area contributed by atoms with E-state index < -0.39 is 5.97 Å². The molecule has 0 spiro atoms. The minimum atomic E-state index is -0.839. The third-order valence-corrected chi connectivity index (χ3v) is 2.88. The predicted molar refractivity (Wildman–Crippen MR) is 52.4 cm³/mol. The molecule has 1 saturated carbocycles. The summed E-state index contributed by atoms with van der Waals surface area (Å²) in [6.07, 6.45) is 7.87. The molecule has 1 aromatic rings. The number of pyridine rings is 1. The summed E-state index contributed by atoms with van der Waals surface area (Å²) < 4.78 is 0. The van der Waals surface area contributed by atoms with Crippen LogP contribution in [0.25, 0.3) is 0 Å². The summed E-state index contributed by atoms with van der Waals surface area (Å²) in [6, 6.07) is 1.59. The van der Waals surface area contributed by atoms with Crippen LogP contribution in [0.2, 0.25) is 0 Å². The van der Waals surface area contributed by atoms with Gasteiger partial charge in [-0.05, 0) is 30.4 Å². The topological polar surface area (TPSA) is 50.2 Å². The van der Waals surface area contributed by atoms with Crippen molar-refractivity contribution in [3.8, 4) is 0 Å². The van der Waals surface area contributed by atoms with Crippen LogP contribution in [0.3, 0.4) is 0 Å². The number of aromatic nitrogens is 1. The first kappa shape index (κ1) is 9.19. The van der Waals surface area contributed by atoms with Crippen LogP contribution in [0.15, 0.2) is 18.5 Å². The van der Waals surface area contributed by atoms with E-state index >= 15 is 0 Å². The highest BCUT2D eigenvalue weighted by atomic mass is 16.4. The highest BCUT2D eigenvalue weighted by Crippen LogP contribution is 2.35. The monoisotopic (exact) mass is 191 g/mol. The standard InChI is InChI=1S/C11H13NO2/c13-11(14)9-5-6-12-7-10(9)8-3-1-2-4-8/h5-8H,1-4H2,(H,13,14). The molecule has 0 aromatic carbocycles. The fraction of sp³-hybridized carbons (Fsp3) is 0.455. The fourth-order valence-electron chi connectivity index (χ4n) is 2.16. The number of hydrogen-bond acceptors (Lipinski definition) is 2. The number of rotatable bonds is 2. The number of nitrogens with zero attached hydrogens (tertiary/aromatic N) is 1. The Kier molecular flexibility index (Phi) is 2.48. The highest BCUT2D eigenvalue weighted by molar-refractivity contribution is 5.89. The Hall–Kier alpha value is -1.38. The van der Waals surface area contributed by atoms with Gasteiger partial charge in [-0.3, -0.25) is 4.98 Å². The van der Waals surface area contributed by atoms with E-state index in [9.17, 15) is 4.79 Å². The summed E-state index contributed by atoms with van der Waals surface area (Å²) >= 11 is 0. The number of carboxylic acid groups (broad SMARTS) is 1. The molecular formula is C11H13NO2. The van der Waals surface area contributed by atoms with Crippen LogP contribution in [0.5, 0.6) is 0 Å². The summed E-state index contributed by atoms with van der Waals surface area (Å²) in [5.41, 5.74) is 1.34. The van der Waals surface area contributed by atoms with Crippen LogP contribution >= 0.6 is 0 Å². The normalized spacial score (nSPS) is 17.1.